The minimum Gasteiger partial charge on any atom is -0.494 e. The van der Waals surface area contributed by atoms with Crippen molar-refractivity contribution in [3.63, 3.8) is 0 Å². The predicted octanol–water partition coefficient (Wildman–Crippen LogP) is 7.40. The average Bonchev–Trinajstić information content (AvgIpc) is 2.74. The van der Waals surface area contributed by atoms with Crippen LogP contribution in [0.4, 0.5) is 4.39 Å². The maximum absolute atomic E-state index is 14.6. The Kier molecular flexibility index (Phi) is 10.4. The number of hydrogen-bond donors (Lipinski definition) is 1. The number of unbranched alkanes of at least 4 members (excludes halogenated alkanes) is 5. The van der Waals surface area contributed by atoms with Gasteiger partial charge in [0, 0.05) is 5.92 Å². The zero-order valence-electron chi connectivity index (χ0n) is 18.3. The summed E-state index contributed by atoms with van der Waals surface area (Å²) in [6.07, 6.45) is 6.06. The summed E-state index contributed by atoms with van der Waals surface area (Å²) in [6, 6.07) is 15.6. The van der Waals surface area contributed by atoms with E-state index < -0.39 is 24.5 Å². The van der Waals surface area contributed by atoms with E-state index in [0.29, 0.717) is 6.42 Å². The van der Waals surface area contributed by atoms with E-state index in [1.165, 1.54) is 32.1 Å². The van der Waals surface area contributed by atoms with Crippen LogP contribution < -0.4 is 4.74 Å². The number of hydrogen-bond acceptors (Lipinski definition) is 2. The second kappa shape index (κ2) is 13.0. The first-order chi connectivity index (χ1) is 14.6. The summed E-state index contributed by atoms with van der Waals surface area (Å²) in [5, 5.41) is 8.98. The summed E-state index contributed by atoms with van der Waals surface area (Å²) < 4.78 is 20.5. The van der Waals surface area contributed by atoms with Crippen molar-refractivity contribution in [2.24, 2.45) is 0 Å². The van der Waals surface area contributed by atoms with Gasteiger partial charge < -0.3 is 9.84 Å². The fourth-order valence-corrected chi connectivity index (χ4v) is 3.87. The van der Waals surface area contributed by atoms with E-state index in [2.05, 4.69) is 6.92 Å². The summed E-state index contributed by atoms with van der Waals surface area (Å²) in [5.41, 5.74) is 2.79. The van der Waals surface area contributed by atoms with Gasteiger partial charge in [0.05, 0.1) is 13.0 Å². The average molecular weight is 415 g/mol. The molecule has 0 aliphatic rings. The van der Waals surface area contributed by atoms with E-state index in [1.54, 1.807) is 0 Å². The Bertz CT molecular complexity index is 757. The zero-order chi connectivity index (χ0) is 21.8. The monoisotopic (exact) mass is 414 g/mol. The number of benzene rings is 2. The molecule has 0 radical (unpaired) electrons. The van der Waals surface area contributed by atoms with Gasteiger partial charge in [0.15, 0.2) is 0 Å². The second-order valence-corrected chi connectivity index (χ2v) is 7.86. The number of carboxylic acid groups (broad SMARTS) is 1. The van der Waals surface area contributed by atoms with E-state index in [9.17, 15) is 9.18 Å². The van der Waals surface area contributed by atoms with Gasteiger partial charge in [-0.15, -0.1) is 0 Å². The number of halogens is 1. The molecular weight excluding hydrogens is 379 g/mol. The molecule has 0 heterocycles. The number of aliphatic carboxylic acids is 1. The molecule has 0 amide bonds. The molecule has 0 saturated carbocycles. The lowest BCUT2D eigenvalue weighted by atomic mass is 9.85. The van der Waals surface area contributed by atoms with Gasteiger partial charge in [-0.05, 0) is 41.7 Å². The Morgan fingerprint density at radius 1 is 0.967 bits per heavy atom. The van der Waals surface area contributed by atoms with Crippen molar-refractivity contribution in [2.45, 2.75) is 77.3 Å². The first-order valence-electron chi connectivity index (χ1n) is 11.2. The summed E-state index contributed by atoms with van der Waals surface area (Å²) in [4.78, 5) is 11.0. The normalized spacial score (nSPS) is 13.0. The van der Waals surface area contributed by atoms with Crippen molar-refractivity contribution in [1.29, 1.82) is 0 Å². The van der Waals surface area contributed by atoms with Crippen LogP contribution in [0.25, 0.3) is 11.1 Å². The molecule has 2 aromatic rings. The van der Waals surface area contributed by atoms with Crippen LogP contribution in [0, 0.1) is 0 Å². The van der Waals surface area contributed by atoms with Crippen molar-refractivity contribution >= 4 is 5.97 Å². The van der Waals surface area contributed by atoms with Crippen molar-refractivity contribution in [3.8, 4) is 16.9 Å². The number of ether oxygens (including phenoxy) is 1. The molecule has 2 unspecified atom stereocenters. The van der Waals surface area contributed by atoms with Gasteiger partial charge in [0.25, 0.3) is 0 Å². The maximum atomic E-state index is 14.6. The van der Waals surface area contributed by atoms with Crippen LogP contribution in [0.5, 0.6) is 5.75 Å². The third-order valence-electron chi connectivity index (χ3n) is 5.54. The summed E-state index contributed by atoms with van der Waals surface area (Å²) in [5.74, 6) is -0.711. The molecular formula is C26H35FO3. The SMILES string of the molecule is CCCCCCCCOc1ccc(-c2ccccc2C(CC)C(F)CC(=O)O)cc1. The molecule has 0 spiro atoms. The van der Waals surface area contributed by atoms with E-state index in [-0.39, 0.29) is 0 Å². The number of carbonyl (C=O) groups is 1. The second-order valence-electron chi connectivity index (χ2n) is 7.86. The molecule has 1 N–H and O–H groups in total. The molecule has 2 rings (SSSR count). The molecule has 0 bridgehead atoms. The molecule has 2 atom stereocenters. The number of alkyl halides is 1. The third kappa shape index (κ3) is 7.47. The Labute approximate surface area is 180 Å². The van der Waals surface area contributed by atoms with E-state index >= 15 is 0 Å². The van der Waals surface area contributed by atoms with E-state index in [4.69, 9.17) is 9.84 Å². The Morgan fingerprint density at radius 3 is 2.30 bits per heavy atom. The predicted molar refractivity (Wildman–Crippen MR) is 121 cm³/mol. The van der Waals surface area contributed by atoms with Gasteiger partial charge in [-0.2, -0.15) is 0 Å². The fraction of sp³-hybridized carbons (Fsp3) is 0.500. The van der Waals surface area contributed by atoms with Crippen molar-refractivity contribution in [3.05, 3.63) is 54.1 Å². The molecule has 30 heavy (non-hydrogen) atoms. The van der Waals surface area contributed by atoms with Gasteiger partial charge in [-0.3, -0.25) is 4.79 Å². The minimum atomic E-state index is -1.41. The highest BCUT2D eigenvalue weighted by atomic mass is 19.1. The van der Waals surface area contributed by atoms with E-state index in [1.807, 2.05) is 55.5 Å². The first-order valence-corrected chi connectivity index (χ1v) is 11.2. The van der Waals surface area contributed by atoms with Crippen molar-refractivity contribution in [2.75, 3.05) is 6.61 Å². The molecule has 0 aromatic heterocycles. The topological polar surface area (TPSA) is 46.5 Å². The number of carboxylic acids is 1. The quantitative estimate of drug-likeness (QED) is 0.328. The lowest BCUT2D eigenvalue weighted by Crippen LogP contribution is -2.18. The molecule has 0 aliphatic carbocycles. The fourth-order valence-electron chi connectivity index (χ4n) is 3.87. The largest absolute Gasteiger partial charge is 0.494 e. The smallest absolute Gasteiger partial charge is 0.306 e. The van der Waals surface area contributed by atoms with Crippen molar-refractivity contribution in [1.82, 2.24) is 0 Å². The van der Waals surface area contributed by atoms with Gasteiger partial charge in [0.2, 0.25) is 0 Å². The molecule has 2 aromatic carbocycles. The molecule has 3 nitrogen and oxygen atoms in total. The van der Waals surface area contributed by atoms with Gasteiger partial charge in [-0.1, -0.05) is 82.3 Å². The van der Waals surface area contributed by atoms with Crippen LogP contribution in [0.15, 0.2) is 48.5 Å². The lowest BCUT2D eigenvalue weighted by molar-refractivity contribution is -0.138. The van der Waals surface area contributed by atoms with E-state index in [0.717, 1.165) is 35.5 Å². The van der Waals surface area contributed by atoms with Crippen LogP contribution in [-0.4, -0.2) is 23.9 Å². The third-order valence-corrected chi connectivity index (χ3v) is 5.54. The molecule has 164 valence electrons. The maximum Gasteiger partial charge on any atom is 0.306 e. The Morgan fingerprint density at radius 2 is 1.63 bits per heavy atom. The van der Waals surface area contributed by atoms with Gasteiger partial charge in [-0.25, -0.2) is 4.39 Å². The number of rotatable bonds is 14. The molecule has 0 saturated heterocycles. The summed E-state index contributed by atoms with van der Waals surface area (Å²) in [6.45, 7) is 4.84. The highest BCUT2D eigenvalue weighted by Crippen LogP contribution is 2.35. The zero-order valence-corrected chi connectivity index (χ0v) is 18.3. The summed E-state index contributed by atoms with van der Waals surface area (Å²) >= 11 is 0. The first kappa shape index (κ1) is 23.9. The highest BCUT2D eigenvalue weighted by molar-refractivity contribution is 5.70. The van der Waals surface area contributed by atoms with Gasteiger partial charge in [0.1, 0.15) is 11.9 Å². The molecule has 0 fully saturated rings. The van der Waals surface area contributed by atoms with Crippen LogP contribution in [-0.2, 0) is 4.79 Å². The standard InChI is InChI=1S/C26H35FO3/c1-3-5-6-7-8-11-18-30-21-16-14-20(15-17-21)23-12-9-10-13-24(23)22(4-2)25(27)19-26(28)29/h9-10,12-17,22,25H,3-8,11,18-19H2,1-2H3,(H,28,29). The van der Waals surface area contributed by atoms with Gasteiger partial charge >= 0.3 is 5.97 Å². The highest BCUT2D eigenvalue weighted by Gasteiger charge is 2.26. The van der Waals surface area contributed by atoms with Crippen LogP contribution in [0.1, 0.15) is 76.7 Å². The Balaban J connectivity index is 2.02. The minimum absolute atomic E-state index is 0.444. The lowest BCUT2D eigenvalue weighted by Gasteiger charge is -2.22. The Hall–Kier alpha value is -2.36. The molecule has 4 heteroatoms. The van der Waals surface area contributed by atoms with Crippen LogP contribution >= 0.6 is 0 Å². The van der Waals surface area contributed by atoms with Crippen LogP contribution in [0.2, 0.25) is 0 Å². The summed E-state index contributed by atoms with van der Waals surface area (Å²) in [7, 11) is 0. The van der Waals surface area contributed by atoms with Crippen LogP contribution in [0.3, 0.4) is 0 Å². The van der Waals surface area contributed by atoms with Crippen molar-refractivity contribution < 1.29 is 19.0 Å². The molecule has 0 aliphatic heterocycles.